The molecule has 0 amide bonds. The maximum atomic E-state index is 11.2. The van der Waals surface area contributed by atoms with Gasteiger partial charge in [-0.2, -0.15) is 0 Å². The Kier molecular flexibility index (Phi) is 30.7. The topological polar surface area (TPSA) is 179 Å². The van der Waals surface area contributed by atoms with Gasteiger partial charge in [-0.25, -0.2) is 0 Å². The number of ether oxygens (including phenoxy) is 4. The lowest BCUT2D eigenvalue weighted by molar-refractivity contribution is -0.363. The van der Waals surface area contributed by atoms with Crippen LogP contribution in [0.1, 0.15) is 206 Å². The minimum absolute atomic E-state index is 0.182. The molecular formula is C45H88O11. The van der Waals surface area contributed by atoms with E-state index in [2.05, 4.69) is 13.8 Å². The SMILES string of the molecule is CCCCCCCCCCCCCCCCC(CCCCCCCCCCCCCCCC)O[C@@H]1O[C@H](CO)[C@H](O[C@H]2O[C@H](CO)[C@@H](O)[C@H](O)[C@H]2O)[C@H](O)[C@H]1O. The van der Waals surface area contributed by atoms with Crippen molar-refractivity contribution in [3.8, 4) is 0 Å². The monoisotopic (exact) mass is 805 g/mol. The normalized spacial score (nSPS) is 28.4. The fourth-order valence-corrected chi connectivity index (χ4v) is 8.27. The summed E-state index contributed by atoms with van der Waals surface area (Å²) in [5.74, 6) is 0. The van der Waals surface area contributed by atoms with Crippen LogP contribution in [0.5, 0.6) is 0 Å². The van der Waals surface area contributed by atoms with E-state index >= 15 is 0 Å². The molecule has 11 nitrogen and oxygen atoms in total. The van der Waals surface area contributed by atoms with Crippen LogP contribution in [0.3, 0.4) is 0 Å². The molecule has 0 saturated carbocycles. The van der Waals surface area contributed by atoms with Gasteiger partial charge in [-0.1, -0.05) is 194 Å². The lowest BCUT2D eigenvalue weighted by atomic mass is 9.96. The summed E-state index contributed by atoms with van der Waals surface area (Å²) in [4.78, 5) is 0. The molecule has 2 aliphatic heterocycles. The third-order valence-electron chi connectivity index (χ3n) is 12.0. The van der Waals surface area contributed by atoms with Crippen molar-refractivity contribution in [3.05, 3.63) is 0 Å². The molecule has 0 spiro atoms. The van der Waals surface area contributed by atoms with Crippen molar-refractivity contribution in [3.63, 3.8) is 0 Å². The average molecular weight is 805 g/mol. The molecule has 2 rings (SSSR count). The number of aliphatic hydroxyl groups is 7. The van der Waals surface area contributed by atoms with Gasteiger partial charge in [-0.05, 0) is 12.8 Å². The lowest BCUT2D eigenvalue weighted by Gasteiger charge is -2.46. The summed E-state index contributed by atoms with van der Waals surface area (Å²) in [6.45, 7) is 3.31. The molecule has 334 valence electrons. The van der Waals surface area contributed by atoms with Crippen LogP contribution in [0.4, 0.5) is 0 Å². The Balaban J connectivity index is 1.80. The predicted molar refractivity (Wildman–Crippen MR) is 221 cm³/mol. The van der Waals surface area contributed by atoms with Crippen LogP contribution >= 0.6 is 0 Å². The molecule has 11 heteroatoms. The summed E-state index contributed by atoms with van der Waals surface area (Å²) in [5.41, 5.74) is 0. The van der Waals surface area contributed by atoms with E-state index in [4.69, 9.17) is 18.9 Å². The molecule has 7 N–H and O–H groups in total. The van der Waals surface area contributed by atoms with E-state index in [1.165, 1.54) is 154 Å². The molecule has 0 unspecified atom stereocenters. The van der Waals surface area contributed by atoms with Gasteiger partial charge in [0.05, 0.1) is 19.3 Å². The Morgan fingerprint density at radius 2 is 0.732 bits per heavy atom. The molecule has 0 aromatic rings. The highest BCUT2D eigenvalue weighted by Crippen LogP contribution is 2.31. The standard InChI is InChI=1S/C45H88O11/c1-3-5-7-9-11-13-15-17-19-21-23-25-27-29-31-35(32-30-28-26-24-22-20-18-16-14-12-10-8-6-4-2)53-44-42(52)40(50)43(37(34-47)55-44)56-45-41(51)39(49)38(48)36(33-46)54-45/h35-52H,3-34H2,1-2H3/t36-,37-,38-,39+,40-,41-,42-,43+,44-,45-/m1/s1. The van der Waals surface area contributed by atoms with E-state index in [0.29, 0.717) is 0 Å². The van der Waals surface area contributed by atoms with Crippen molar-refractivity contribution in [1.29, 1.82) is 0 Å². The summed E-state index contributed by atoms with van der Waals surface area (Å²) < 4.78 is 23.5. The minimum Gasteiger partial charge on any atom is -0.394 e. The Bertz CT molecular complexity index is 847. The first-order chi connectivity index (χ1) is 27.3. The van der Waals surface area contributed by atoms with Crippen LogP contribution in [-0.2, 0) is 18.9 Å². The zero-order chi connectivity index (χ0) is 40.8. The molecule has 2 saturated heterocycles. The van der Waals surface area contributed by atoms with E-state index in [1.54, 1.807) is 0 Å². The zero-order valence-electron chi connectivity index (χ0n) is 35.7. The van der Waals surface area contributed by atoms with Crippen LogP contribution < -0.4 is 0 Å². The Morgan fingerprint density at radius 3 is 1.11 bits per heavy atom. The van der Waals surface area contributed by atoms with Crippen LogP contribution in [0.2, 0.25) is 0 Å². The summed E-state index contributed by atoms with van der Waals surface area (Å²) >= 11 is 0. The van der Waals surface area contributed by atoms with Crippen molar-refractivity contribution < 1.29 is 54.7 Å². The highest BCUT2D eigenvalue weighted by molar-refractivity contribution is 4.94. The van der Waals surface area contributed by atoms with E-state index in [1.807, 2.05) is 0 Å². The van der Waals surface area contributed by atoms with Gasteiger partial charge in [0.1, 0.15) is 48.8 Å². The molecule has 2 fully saturated rings. The van der Waals surface area contributed by atoms with Crippen molar-refractivity contribution in [2.45, 2.75) is 274 Å². The largest absolute Gasteiger partial charge is 0.394 e. The van der Waals surface area contributed by atoms with Gasteiger partial charge in [0.2, 0.25) is 0 Å². The number of hydrogen-bond acceptors (Lipinski definition) is 11. The summed E-state index contributed by atoms with van der Waals surface area (Å²) in [5, 5.41) is 72.9. The predicted octanol–water partition coefficient (Wildman–Crippen LogP) is 7.74. The first-order valence-corrected chi connectivity index (χ1v) is 23.5. The summed E-state index contributed by atoms with van der Waals surface area (Å²) in [6.07, 6.45) is 23.0. The molecule has 10 atom stereocenters. The van der Waals surface area contributed by atoms with Crippen molar-refractivity contribution in [2.75, 3.05) is 13.2 Å². The van der Waals surface area contributed by atoms with Gasteiger partial charge in [0.25, 0.3) is 0 Å². The average Bonchev–Trinajstić information content (AvgIpc) is 3.20. The van der Waals surface area contributed by atoms with E-state index in [9.17, 15) is 35.7 Å². The summed E-state index contributed by atoms with van der Waals surface area (Å²) in [6, 6.07) is 0. The van der Waals surface area contributed by atoms with Gasteiger partial charge in [-0.3, -0.25) is 0 Å². The Morgan fingerprint density at radius 1 is 0.393 bits per heavy atom. The number of aliphatic hydroxyl groups excluding tert-OH is 7. The van der Waals surface area contributed by atoms with Gasteiger partial charge in [0, 0.05) is 0 Å². The second kappa shape index (κ2) is 33.3. The maximum Gasteiger partial charge on any atom is 0.187 e. The number of hydrogen-bond donors (Lipinski definition) is 7. The highest BCUT2D eigenvalue weighted by Gasteiger charge is 2.51. The lowest BCUT2D eigenvalue weighted by Crippen LogP contribution is -2.64. The molecule has 0 aromatic heterocycles. The molecule has 2 heterocycles. The fraction of sp³-hybridized carbons (Fsp3) is 1.00. The molecule has 0 aliphatic carbocycles. The number of unbranched alkanes of at least 4 members (excludes halogenated alkanes) is 26. The quantitative estimate of drug-likeness (QED) is 0.0308. The molecule has 2 aliphatic rings. The van der Waals surface area contributed by atoms with Gasteiger partial charge in [-0.15, -0.1) is 0 Å². The smallest absolute Gasteiger partial charge is 0.187 e. The third-order valence-corrected chi connectivity index (χ3v) is 12.0. The van der Waals surface area contributed by atoms with Crippen LogP contribution in [-0.4, -0.2) is 116 Å². The fourth-order valence-electron chi connectivity index (χ4n) is 8.27. The second-order valence-corrected chi connectivity index (χ2v) is 17.0. The minimum atomic E-state index is -1.70. The first-order valence-electron chi connectivity index (χ1n) is 23.5. The van der Waals surface area contributed by atoms with Gasteiger partial charge < -0.3 is 54.7 Å². The number of rotatable bonds is 36. The van der Waals surface area contributed by atoms with Crippen molar-refractivity contribution in [1.82, 2.24) is 0 Å². The van der Waals surface area contributed by atoms with Crippen LogP contribution in [0.15, 0.2) is 0 Å². The van der Waals surface area contributed by atoms with E-state index < -0.39 is 74.6 Å². The molecule has 0 aromatic carbocycles. The van der Waals surface area contributed by atoms with Crippen LogP contribution in [0, 0.1) is 0 Å². The maximum absolute atomic E-state index is 11.2. The Labute approximate surface area is 341 Å². The van der Waals surface area contributed by atoms with Crippen molar-refractivity contribution >= 4 is 0 Å². The molecule has 56 heavy (non-hydrogen) atoms. The van der Waals surface area contributed by atoms with Gasteiger partial charge >= 0.3 is 0 Å². The van der Waals surface area contributed by atoms with E-state index in [0.717, 1.165) is 38.5 Å². The van der Waals surface area contributed by atoms with Crippen LogP contribution in [0.25, 0.3) is 0 Å². The molecular weight excluding hydrogens is 716 g/mol. The molecule has 0 bridgehead atoms. The zero-order valence-corrected chi connectivity index (χ0v) is 35.7. The third kappa shape index (κ3) is 21.2. The molecule has 0 radical (unpaired) electrons. The van der Waals surface area contributed by atoms with Gasteiger partial charge in [0.15, 0.2) is 12.6 Å². The van der Waals surface area contributed by atoms with E-state index in [-0.39, 0.29) is 6.10 Å². The summed E-state index contributed by atoms with van der Waals surface area (Å²) in [7, 11) is 0. The highest BCUT2D eigenvalue weighted by atomic mass is 16.7. The Hall–Kier alpha value is -0.440. The van der Waals surface area contributed by atoms with Crippen molar-refractivity contribution in [2.24, 2.45) is 0 Å². The first kappa shape index (κ1) is 51.7. The second-order valence-electron chi connectivity index (χ2n) is 17.0.